The van der Waals surface area contributed by atoms with Crippen LogP contribution in [0.25, 0.3) is 0 Å². The second-order valence-electron chi connectivity index (χ2n) is 6.48. The molecule has 1 aromatic carbocycles. The Morgan fingerprint density at radius 2 is 1.85 bits per heavy atom. The van der Waals surface area contributed by atoms with E-state index in [2.05, 4.69) is 15.2 Å². The van der Waals surface area contributed by atoms with E-state index < -0.39 is 11.2 Å². The molecule has 0 spiro atoms. The summed E-state index contributed by atoms with van der Waals surface area (Å²) in [5.74, 6) is -0.227. The maximum absolute atomic E-state index is 12.1. The molecule has 1 amide bonds. The number of halogens is 1. The molecule has 3 rings (SSSR count). The molecule has 26 heavy (non-hydrogen) atoms. The van der Waals surface area contributed by atoms with Gasteiger partial charge >= 0.3 is 5.69 Å². The highest BCUT2D eigenvalue weighted by Crippen LogP contribution is 2.15. The zero-order valence-electron chi connectivity index (χ0n) is 14.3. The summed E-state index contributed by atoms with van der Waals surface area (Å²) in [6.45, 7) is 2.56. The van der Waals surface area contributed by atoms with Gasteiger partial charge in [0.05, 0.1) is 0 Å². The van der Waals surface area contributed by atoms with Crippen molar-refractivity contribution >= 4 is 17.5 Å². The Morgan fingerprint density at radius 3 is 2.50 bits per heavy atom. The molecule has 1 saturated heterocycles. The van der Waals surface area contributed by atoms with E-state index in [9.17, 15) is 14.4 Å². The molecule has 0 bridgehead atoms. The number of likely N-dealkylation sites (tertiary alicyclic amines) is 1. The molecule has 0 radical (unpaired) electrons. The van der Waals surface area contributed by atoms with E-state index in [-0.39, 0.29) is 18.5 Å². The summed E-state index contributed by atoms with van der Waals surface area (Å²) in [6.07, 6.45) is 3.05. The first kappa shape index (κ1) is 18.4. The molecule has 2 N–H and O–H groups in total. The molecule has 0 aliphatic carbocycles. The summed E-state index contributed by atoms with van der Waals surface area (Å²) in [4.78, 5) is 39.3. The van der Waals surface area contributed by atoms with Gasteiger partial charge in [-0.2, -0.15) is 0 Å². The predicted molar refractivity (Wildman–Crippen MR) is 99.2 cm³/mol. The average Bonchev–Trinajstić information content (AvgIpc) is 2.61. The second-order valence-corrected chi connectivity index (χ2v) is 6.92. The first-order valence-electron chi connectivity index (χ1n) is 8.55. The fraction of sp³-hybridized carbons (Fsp3) is 0.389. The van der Waals surface area contributed by atoms with E-state index in [4.69, 9.17) is 11.6 Å². The highest BCUT2D eigenvalue weighted by Gasteiger charge is 2.21. The minimum atomic E-state index is -0.578. The molecule has 7 nitrogen and oxygen atoms in total. The SMILES string of the molecule is O=C(Cn1ccc(=O)[nH]c1=O)NC1CCN(Cc2ccc(Cl)cc2)CC1. The lowest BCUT2D eigenvalue weighted by Crippen LogP contribution is -2.46. The average molecular weight is 377 g/mol. The van der Waals surface area contributed by atoms with Crippen molar-refractivity contribution in [3.63, 3.8) is 0 Å². The fourth-order valence-corrected chi connectivity index (χ4v) is 3.21. The standard InChI is InChI=1S/C18H21ClN4O3/c19-14-3-1-13(2-4-14)11-22-8-5-15(6-9-22)20-17(25)12-23-10-7-16(24)21-18(23)26/h1-4,7,10,15H,5-6,8-9,11-12H2,(H,20,25)(H,21,24,26). The van der Waals surface area contributed by atoms with E-state index in [1.807, 2.05) is 24.3 Å². The van der Waals surface area contributed by atoms with Crippen LogP contribution in [-0.2, 0) is 17.9 Å². The van der Waals surface area contributed by atoms with E-state index >= 15 is 0 Å². The van der Waals surface area contributed by atoms with Crippen LogP contribution in [0, 0.1) is 0 Å². The van der Waals surface area contributed by atoms with Gasteiger partial charge in [-0.05, 0) is 30.5 Å². The number of benzene rings is 1. The van der Waals surface area contributed by atoms with E-state index in [1.165, 1.54) is 22.4 Å². The Labute approximate surface area is 155 Å². The van der Waals surface area contributed by atoms with E-state index in [0.717, 1.165) is 37.5 Å². The molecular formula is C18H21ClN4O3. The summed E-state index contributed by atoms with van der Waals surface area (Å²) < 4.78 is 1.19. The van der Waals surface area contributed by atoms with Crippen LogP contribution in [0.1, 0.15) is 18.4 Å². The van der Waals surface area contributed by atoms with Gasteiger partial charge in [-0.15, -0.1) is 0 Å². The number of H-pyrrole nitrogens is 1. The van der Waals surface area contributed by atoms with Gasteiger partial charge in [0, 0.05) is 43.0 Å². The third-order valence-electron chi connectivity index (χ3n) is 4.48. The minimum absolute atomic E-state index is 0.0966. The quantitative estimate of drug-likeness (QED) is 0.814. The Balaban J connectivity index is 1.46. The van der Waals surface area contributed by atoms with Crippen LogP contribution in [0.4, 0.5) is 0 Å². The molecule has 2 heterocycles. The van der Waals surface area contributed by atoms with E-state index in [0.29, 0.717) is 0 Å². The number of nitrogens with zero attached hydrogens (tertiary/aromatic N) is 2. The fourth-order valence-electron chi connectivity index (χ4n) is 3.08. The summed E-state index contributed by atoms with van der Waals surface area (Å²) in [7, 11) is 0. The number of aromatic nitrogens is 2. The first-order chi connectivity index (χ1) is 12.5. The molecular weight excluding hydrogens is 356 g/mol. The van der Waals surface area contributed by atoms with Crippen molar-refractivity contribution in [3.05, 3.63) is 68.0 Å². The lowest BCUT2D eigenvalue weighted by molar-refractivity contribution is -0.122. The van der Waals surface area contributed by atoms with Crippen LogP contribution >= 0.6 is 11.6 Å². The topological polar surface area (TPSA) is 87.2 Å². The molecule has 1 fully saturated rings. The van der Waals surface area contributed by atoms with Gasteiger partial charge in [0.2, 0.25) is 5.91 Å². The first-order valence-corrected chi connectivity index (χ1v) is 8.93. The molecule has 1 aliphatic heterocycles. The van der Waals surface area contributed by atoms with Gasteiger partial charge in [0.25, 0.3) is 5.56 Å². The largest absolute Gasteiger partial charge is 0.352 e. The molecule has 1 aromatic heterocycles. The van der Waals surface area contributed by atoms with Crippen molar-refractivity contribution in [2.45, 2.75) is 32.0 Å². The Morgan fingerprint density at radius 1 is 1.15 bits per heavy atom. The number of carbonyl (C=O) groups excluding carboxylic acids is 1. The number of aromatic amines is 1. The predicted octanol–water partition coefficient (Wildman–Crippen LogP) is 0.971. The molecule has 138 valence electrons. The van der Waals surface area contributed by atoms with Crippen LogP contribution < -0.4 is 16.6 Å². The van der Waals surface area contributed by atoms with Crippen LogP contribution in [0.3, 0.4) is 0 Å². The summed E-state index contributed by atoms with van der Waals surface area (Å²) in [5, 5.41) is 3.70. The lowest BCUT2D eigenvalue weighted by Gasteiger charge is -2.32. The van der Waals surface area contributed by atoms with Crippen LogP contribution in [0.15, 0.2) is 46.1 Å². The summed E-state index contributed by atoms with van der Waals surface area (Å²) in [6, 6.07) is 9.16. The number of nitrogens with one attached hydrogen (secondary N) is 2. The molecule has 0 saturated carbocycles. The third kappa shape index (κ3) is 5.06. The Hall–Kier alpha value is -2.38. The monoisotopic (exact) mass is 376 g/mol. The molecule has 8 heteroatoms. The third-order valence-corrected chi connectivity index (χ3v) is 4.73. The van der Waals surface area contributed by atoms with Gasteiger partial charge in [-0.1, -0.05) is 23.7 Å². The minimum Gasteiger partial charge on any atom is -0.352 e. The zero-order chi connectivity index (χ0) is 18.5. The zero-order valence-corrected chi connectivity index (χ0v) is 15.0. The van der Waals surface area contributed by atoms with Crippen molar-refractivity contribution in [2.24, 2.45) is 0 Å². The van der Waals surface area contributed by atoms with Gasteiger partial charge in [0.15, 0.2) is 0 Å². The van der Waals surface area contributed by atoms with Crippen molar-refractivity contribution in [1.29, 1.82) is 0 Å². The van der Waals surface area contributed by atoms with Gasteiger partial charge in [-0.25, -0.2) is 4.79 Å². The molecule has 2 aromatic rings. The normalized spacial score (nSPS) is 15.7. The van der Waals surface area contributed by atoms with Crippen LogP contribution in [-0.4, -0.2) is 39.5 Å². The number of piperidine rings is 1. The molecule has 0 unspecified atom stereocenters. The van der Waals surface area contributed by atoms with Crippen molar-refractivity contribution in [1.82, 2.24) is 19.8 Å². The van der Waals surface area contributed by atoms with Crippen molar-refractivity contribution < 1.29 is 4.79 Å². The molecule has 1 aliphatic rings. The second kappa shape index (κ2) is 8.33. The van der Waals surface area contributed by atoms with Gasteiger partial charge in [-0.3, -0.25) is 24.0 Å². The molecule has 0 atom stereocenters. The van der Waals surface area contributed by atoms with Crippen molar-refractivity contribution in [3.8, 4) is 0 Å². The Kier molecular flexibility index (Phi) is 5.90. The lowest BCUT2D eigenvalue weighted by atomic mass is 10.0. The van der Waals surface area contributed by atoms with Gasteiger partial charge < -0.3 is 5.32 Å². The van der Waals surface area contributed by atoms with E-state index in [1.54, 1.807) is 0 Å². The maximum Gasteiger partial charge on any atom is 0.328 e. The number of hydrogen-bond donors (Lipinski definition) is 2. The number of hydrogen-bond acceptors (Lipinski definition) is 4. The summed E-state index contributed by atoms with van der Waals surface area (Å²) in [5.41, 5.74) is 0.166. The smallest absolute Gasteiger partial charge is 0.328 e. The maximum atomic E-state index is 12.1. The van der Waals surface area contributed by atoms with Crippen molar-refractivity contribution in [2.75, 3.05) is 13.1 Å². The number of amides is 1. The number of carbonyl (C=O) groups is 1. The summed E-state index contributed by atoms with van der Waals surface area (Å²) >= 11 is 5.90. The number of rotatable bonds is 5. The highest BCUT2D eigenvalue weighted by atomic mass is 35.5. The Bertz CT molecular complexity index is 867. The van der Waals surface area contributed by atoms with Gasteiger partial charge in [0.1, 0.15) is 6.54 Å². The highest BCUT2D eigenvalue weighted by molar-refractivity contribution is 6.30. The van der Waals surface area contributed by atoms with Crippen LogP contribution in [0.5, 0.6) is 0 Å². The van der Waals surface area contributed by atoms with Crippen LogP contribution in [0.2, 0.25) is 5.02 Å².